The second kappa shape index (κ2) is 4.11. The van der Waals surface area contributed by atoms with Gasteiger partial charge in [0, 0.05) is 5.92 Å². The lowest BCUT2D eigenvalue weighted by Gasteiger charge is -2.40. The Kier molecular flexibility index (Phi) is 2.95. The van der Waals surface area contributed by atoms with Crippen LogP contribution in [0.25, 0.3) is 0 Å². The summed E-state index contributed by atoms with van der Waals surface area (Å²) in [4.78, 5) is 35.2. The highest BCUT2D eigenvalue weighted by Crippen LogP contribution is 2.32. The number of hydrogen-bond donors (Lipinski definition) is 3. The minimum atomic E-state index is -0.878. The fraction of sp³-hybridized carbons (Fsp3) is 0.750. The third-order valence-electron chi connectivity index (χ3n) is 3.51. The van der Waals surface area contributed by atoms with E-state index < -0.39 is 23.3 Å². The van der Waals surface area contributed by atoms with Gasteiger partial charge in [0.05, 0.1) is 6.54 Å². The number of carbonyl (C=O) groups is 3. The number of β-lactam (4-membered cyclic amide) rings is 1. The summed E-state index contributed by atoms with van der Waals surface area (Å²) in [6.07, 6.45) is -0.656. The molecule has 2 heterocycles. The van der Waals surface area contributed by atoms with E-state index in [9.17, 15) is 14.4 Å². The second-order valence-corrected chi connectivity index (χ2v) is 6.06. The maximum atomic E-state index is 11.9. The van der Waals surface area contributed by atoms with Crippen LogP contribution in [0, 0.1) is 5.92 Å². The number of alkyl carbamates (subject to hydrolysis) is 1. The van der Waals surface area contributed by atoms with E-state index >= 15 is 0 Å². The van der Waals surface area contributed by atoms with Gasteiger partial charge in [-0.15, -0.1) is 0 Å². The number of carbonyl (C=O) groups excluding carboxylic acids is 3. The van der Waals surface area contributed by atoms with Crippen molar-refractivity contribution in [1.29, 1.82) is 0 Å². The average Bonchev–Trinajstić information content (AvgIpc) is 2.51. The molecule has 0 aromatic heterocycles. The van der Waals surface area contributed by atoms with Crippen LogP contribution in [0.2, 0.25) is 0 Å². The molecule has 2 fully saturated rings. The van der Waals surface area contributed by atoms with Gasteiger partial charge in [-0.05, 0) is 20.8 Å². The summed E-state index contributed by atoms with van der Waals surface area (Å²) in [6.45, 7) is 7.38. The molecule has 7 heteroatoms. The minimum Gasteiger partial charge on any atom is -0.444 e. The molecule has 106 valence electrons. The van der Waals surface area contributed by atoms with Crippen molar-refractivity contribution in [2.24, 2.45) is 5.92 Å². The van der Waals surface area contributed by atoms with E-state index in [4.69, 9.17) is 4.74 Å². The normalized spacial score (nSPS) is 33.5. The molecule has 1 unspecified atom stereocenters. The van der Waals surface area contributed by atoms with Crippen LogP contribution in [-0.4, -0.2) is 41.6 Å². The van der Waals surface area contributed by atoms with Gasteiger partial charge in [-0.1, -0.05) is 6.92 Å². The van der Waals surface area contributed by atoms with Gasteiger partial charge in [-0.2, -0.15) is 0 Å². The highest BCUT2D eigenvalue weighted by Gasteiger charge is 2.60. The van der Waals surface area contributed by atoms with Crippen LogP contribution >= 0.6 is 0 Å². The van der Waals surface area contributed by atoms with Crippen molar-refractivity contribution >= 4 is 17.9 Å². The molecule has 3 atom stereocenters. The Morgan fingerprint density at radius 3 is 2.42 bits per heavy atom. The molecule has 19 heavy (non-hydrogen) atoms. The summed E-state index contributed by atoms with van der Waals surface area (Å²) in [5.74, 6) is -0.878. The fourth-order valence-corrected chi connectivity index (χ4v) is 2.37. The summed E-state index contributed by atoms with van der Waals surface area (Å²) in [5, 5.41) is 7.80. The zero-order chi connectivity index (χ0) is 14.4. The van der Waals surface area contributed by atoms with Crippen molar-refractivity contribution in [2.45, 2.75) is 44.9 Å². The van der Waals surface area contributed by atoms with E-state index in [0.29, 0.717) is 6.54 Å². The number of hydrogen-bond acceptors (Lipinski definition) is 4. The van der Waals surface area contributed by atoms with Crippen molar-refractivity contribution in [3.8, 4) is 0 Å². The van der Waals surface area contributed by atoms with Crippen molar-refractivity contribution < 1.29 is 19.1 Å². The van der Waals surface area contributed by atoms with Crippen LogP contribution in [0.3, 0.4) is 0 Å². The maximum absolute atomic E-state index is 11.9. The van der Waals surface area contributed by atoms with Gasteiger partial charge < -0.3 is 20.7 Å². The molecule has 3 N–H and O–H groups in total. The molecule has 2 rings (SSSR count). The predicted molar refractivity (Wildman–Crippen MR) is 66.2 cm³/mol. The van der Waals surface area contributed by atoms with Crippen LogP contribution in [0.1, 0.15) is 27.7 Å². The first-order valence-corrected chi connectivity index (χ1v) is 6.25. The van der Waals surface area contributed by atoms with E-state index in [1.54, 1.807) is 27.7 Å². The standard InChI is InChI=1S/C12H19N3O4/c1-6-7(14-10(18)19-11(2,3)4)8(16)15-12(6)5-13-9(12)17/h6-7H,5H2,1-4H3,(H,13,17)(H,14,18)(H,15,16)/t6-,7+,12?/m1/s1. The molecular weight excluding hydrogens is 250 g/mol. The van der Waals surface area contributed by atoms with Crippen LogP contribution in [0.15, 0.2) is 0 Å². The Morgan fingerprint density at radius 1 is 1.42 bits per heavy atom. The smallest absolute Gasteiger partial charge is 0.408 e. The van der Waals surface area contributed by atoms with E-state index in [1.807, 2.05) is 0 Å². The van der Waals surface area contributed by atoms with Gasteiger partial charge in [0.1, 0.15) is 17.2 Å². The third-order valence-corrected chi connectivity index (χ3v) is 3.51. The summed E-state index contributed by atoms with van der Waals surface area (Å²) >= 11 is 0. The Hall–Kier alpha value is -1.79. The van der Waals surface area contributed by atoms with Gasteiger partial charge in [0.15, 0.2) is 0 Å². The maximum Gasteiger partial charge on any atom is 0.408 e. The van der Waals surface area contributed by atoms with E-state index in [0.717, 1.165) is 0 Å². The molecule has 1 spiro atoms. The molecule has 0 aliphatic carbocycles. The van der Waals surface area contributed by atoms with Crippen molar-refractivity contribution in [3.63, 3.8) is 0 Å². The molecule has 0 aromatic carbocycles. The topological polar surface area (TPSA) is 96.5 Å². The van der Waals surface area contributed by atoms with E-state index in [-0.39, 0.29) is 17.7 Å². The van der Waals surface area contributed by atoms with E-state index in [1.165, 1.54) is 0 Å². The molecule has 2 saturated heterocycles. The summed E-state index contributed by atoms with van der Waals surface area (Å²) in [7, 11) is 0. The monoisotopic (exact) mass is 269 g/mol. The minimum absolute atomic E-state index is 0.207. The SMILES string of the molecule is C[C@@H]1[C@H](NC(=O)OC(C)(C)C)C(=O)NC12CNC2=O. The predicted octanol–water partition coefficient (Wildman–Crippen LogP) is -0.486. The molecule has 0 saturated carbocycles. The third kappa shape index (κ3) is 2.24. The molecule has 2 aliphatic heterocycles. The van der Waals surface area contributed by atoms with Gasteiger partial charge in [-0.25, -0.2) is 4.79 Å². The van der Waals surface area contributed by atoms with Crippen LogP contribution in [0.5, 0.6) is 0 Å². The Balaban J connectivity index is 2.04. The zero-order valence-electron chi connectivity index (χ0n) is 11.5. The Bertz CT molecular complexity index is 443. The lowest BCUT2D eigenvalue weighted by atomic mass is 9.79. The zero-order valence-corrected chi connectivity index (χ0v) is 11.5. The lowest BCUT2D eigenvalue weighted by Crippen LogP contribution is -2.72. The Labute approximate surface area is 111 Å². The largest absolute Gasteiger partial charge is 0.444 e. The van der Waals surface area contributed by atoms with Gasteiger partial charge in [-0.3, -0.25) is 9.59 Å². The molecule has 7 nitrogen and oxygen atoms in total. The highest BCUT2D eigenvalue weighted by atomic mass is 16.6. The van der Waals surface area contributed by atoms with Crippen molar-refractivity contribution in [2.75, 3.05) is 6.54 Å². The van der Waals surface area contributed by atoms with E-state index in [2.05, 4.69) is 16.0 Å². The molecule has 3 amide bonds. The number of nitrogens with one attached hydrogen (secondary N) is 3. The first-order valence-electron chi connectivity index (χ1n) is 6.25. The molecule has 0 bridgehead atoms. The average molecular weight is 269 g/mol. The summed E-state index contributed by atoms with van der Waals surface area (Å²) in [6, 6.07) is -0.749. The van der Waals surface area contributed by atoms with Gasteiger partial charge in [0.25, 0.3) is 0 Å². The Morgan fingerprint density at radius 2 is 2.05 bits per heavy atom. The van der Waals surface area contributed by atoms with Crippen LogP contribution in [0.4, 0.5) is 4.79 Å². The van der Waals surface area contributed by atoms with Gasteiger partial charge >= 0.3 is 6.09 Å². The van der Waals surface area contributed by atoms with Crippen molar-refractivity contribution in [1.82, 2.24) is 16.0 Å². The molecule has 0 aromatic rings. The number of rotatable bonds is 1. The van der Waals surface area contributed by atoms with Crippen LogP contribution < -0.4 is 16.0 Å². The molecule has 0 radical (unpaired) electrons. The van der Waals surface area contributed by atoms with Crippen LogP contribution in [-0.2, 0) is 14.3 Å². The second-order valence-electron chi connectivity index (χ2n) is 6.06. The fourth-order valence-electron chi connectivity index (χ4n) is 2.37. The quantitative estimate of drug-likeness (QED) is 0.560. The number of ether oxygens (including phenoxy) is 1. The highest BCUT2D eigenvalue weighted by molar-refractivity contribution is 6.02. The van der Waals surface area contributed by atoms with Crippen molar-refractivity contribution in [3.05, 3.63) is 0 Å². The summed E-state index contributed by atoms with van der Waals surface area (Å²) in [5.41, 5.74) is -1.51. The summed E-state index contributed by atoms with van der Waals surface area (Å²) < 4.78 is 5.11. The first kappa shape index (κ1) is 13.6. The lowest BCUT2D eigenvalue weighted by molar-refractivity contribution is -0.137. The first-order chi connectivity index (χ1) is 8.66. The molecular formula is C12H19N3O4. The molecule has 2 aliphatic rings. The number of amides is 3. The van der Waals surface area contributed by atoms with Gasteiger partial charge in [0.2, 0.25) is 11.8 Å².